The molecule has 0 atom stereocenters. The number of nitrogens with zero attached hydrogens (tertiary/aromatic N) is 2. The van der Waals surface area contributed by atoms with E-state index in [2.05, 4.69) is 0 Å². The standard InChI is InChI=1S/C20H12N2O8S2.2Na/c23-19-11-5-1-3-7-15(11)21(31(25,26)27)17-10-14-18(9-13(17)19)22(32(28,29)30)16-8-4-2-6-12(16)20(14)24;;/h1-10H,(H,25,26,27)(H,28,29,30);;/q;2*+1/p-2. The van der Waals surface area contributed by atoms with Crippen molar-refractivity contribution in [2.24, 2.45) is 0 Å². The molecule has 0 aliphatic carbocycles. The van der Waals surface area contributed by atoms with Crippen LogP contribution in [-0.2, 0) is 20.6 Å². The maximum absolute atomic E-state index is 13.1. The van der Waals surface area contributed by atoms with Crippen LogP contribution in [0.1, 0.15) is 0 Å². The number of benzene rings is 3. The molecule has 2 aromatic heterocycles. The van der Waals surface area contributed by atoms with Crippen molar-refractivity contribution in [3.63, 3.8) is 0 Å². The van der Waals surface area contributed by atoms with Crippen molar-refractivity contribution < 1.29 is 85.1 Å². The van der Waals surface area contributed by atoms with Crippen LogP contribution in [0.4, 0.5) is 0 Å². The Labute approximate surface area is 236 Å². The summed E-state index contributed by atoms with van der Waals surface area (Å²) in [6.45, 7) is 0. The van der Waals surface area contributed by atoms with Gasteiger partial charge in [-0.2, -0.15) is 0 Å². The Kier molecular flexibility index (Phi) is 7.26. The zero-order valence-electron chi connectivity index (χ0n) is 17.8. The molecule has 0 aliphatic heterocycles. The first-order valence-electron chi connectivity index (χ1n) is 8.98. The van der Waals surface area contributed by atoms with Crippen molar-refractivity contribution in [1.82, 2.24) is 7.94 Å². The normalized spacial score (nSPS) is 12.1. The molecule has 5 rings (SSSR count). The number of pyridine rings is 2. The number of hydrogen-bond acceptors (Lipinski definition) is 8. The summed E-state index contributed by atoms with van der Waals surface area (Å²) in [5.74, 6) is 0. The van der Waals surface area contributed by atoms with E-state index >= 15 is 0 Å². The average Bonchev–Trinajstić information content (AvgIpc) is 2.72. The second kappa shape index (κ2) is 9.13. The maximum atomic E-state index is 13.1. The zero-order valence-corrected chi connectivity index (χ0v) is 23.4. The van der Waals surface area contributed by atoms with Gasteiger partial charge in [0.15, 0.2) is 31.5 Å². The molecular weight excluding hydrogens is 506 g/mol. The van der Waals surface area contributed by atoms with Gasteiger partial charge in [-0.1, -0.05) is 24.3 Å². The first kappa shape index (κ1) is 27.0. The topological polar surface area (TPSA) is 158 Å². The van der Waals surface area contributed by atoms with Crippen LogP contribution >= 0.6 is 0 Å². The first-order valence-corrected chi connectivity index (χ1v) is 11.7. The minimum atomic E-state index is -5.20. The second-order valence-electron chi connectivity index (χ2n) is 7.02. The molecule has 0 fully saturated rings. The number of para-hydroxylation sites is 2. The van der Waals surface area contributed by atoms with Gasteiger partial charge in [-0.15, -0.1) is 0 Å². The quantitative estimate of drug-likeness (QED) is 0.129. The fourth-order valence-electron chi connectivity index (χ4n) is 3.99. The SMILES string of the molecule is O=c1c2ccccc2n(S(=O)(=O)[O-])c2cc3c(=O)c4ccccc4n(S(=O)(=O)[O-])c3cc12.[Na+].[Na+]. The first-order chi connectivity index (χ1) is 15.0. The van der Waals surface area contributed by atoms with Crippen LogP contribution in [-0.4, -0.2) is 33.9 Å². The third kappa shape index (κ3) is 4.07. The van der Waals surface area contributed by atoms with E-state index in [1.807, 2.05) is 0 Å². The average molecular weight is 516 g/mol. The van der Waals surface area contributed by atoms with E-state index in [0.717, 1.165) is 12.1 Å². The molecule has 0 amide bonds. The Hall–Kier alpha value is -1.58. The fourth-order valence-corrected chi connectivity index (χ4v) is 5.58. The maximum Gasteiger partial charge on any atom is 1.00 e. The Morgan fingerprint density at radius 3 is 1.18 bits per heavy atom. The van der Waals surface area contributed by atoms with Gasteiger partial charge in [-0.05, 0) is 36.4 Å². The van der Waals surface area contributed by atoms with Crippen LogP contribution in [0, 0.1) is 0 Å². The van der Waals surface area contributed by atoms with Crippen LogP contribution < -0.4 is 70.0 Å². The molecule has 0 spiro atoms. The molecule has 0 N–H and O–H groups in total. The molecule has 162 valence electrons. The van der Waals surface area contributed by atoms with Crippen molar-refractivity contribution in [1.29, 1.82) is 0 Å². The van der Waals surface area contributed by atoms with E-state index in [4.69, 9.17) is 0 Å². The summed E-state index contributed by atoms with van der Waals surface area (Å²) in [7, 11) is -10.4. The van der Waals surface area contributed by atoms with Gasteiger partial charge >= 0.3 is 59.1 Å². The number of hydrogen-bond donors (Lipinski definition) is 0. The Morgan fingerprint density at radius 2 is 0.853 bits per heavy atom. The van der Waals surface area contributed by atoms with E-state index < -0.39 is 42.5 Å². The van der Waals surface area contributed by atoms with Crippen molar-refractivity contribution in [3.05, 3.63) is 81.1 Å². The molecule has 2 heterocycles. The molecule has 0 bridgehead atoms. The Bertz CT molecular complexity index is 1840. The van der Waals surface area contributed by atoms with Gasteiger partial charge in [0.05, 0.1) is 22.1 Å². The van der Waals surface area contributed by atoms with E-state index in [0.29, 0.717) is 7.94 Å². The molecule has 0 aliphatic rings. The van der Waals surface area contributed by atoms with Crippen molar-refractivity contribution in [2.75, 3.05) is 0 Å². The number of fused-ring (bicyclic) bond motifs is 4. The summed E-state index contributed by atoms with van der Waals surface area (Å²) < 4.78 is 73.4. The molecule has 10 nitrogen and oxygen atoms in total. The molecule has 0 saturated heterocycles. The minimum Gasteiger partial charge on any atom is -0.731 e. The summed E-state index contributed by atoms with van der Waals surface area (Å²) in [5, 5.41) is -0.915. The molecule has 3 aromatic carbocycles. The molecule has 0 unspecified atom stereocenters. The van der Waals surface area contributed by atoms with Crippen LogP contribution in [0.5, 0.6) is 0 Å². The Balaban J connectivity index is 0.00000162. The zero-order chi connectivity index (χ0) is 23.0. The molecular formula is C20H10N2Na2O8S2. The van der Waals surface area contributed by atoms with E-state index in [9.17, 15) is 35.5 Å². The van der Waals surface area contributed by atoms with Gasteiger partial charge < -0.3 is 9.11 Å². The molecule has 34 heavy (non-hydrogen) atoms. The van der Waals surface area contributed by atoms with Crippen LogP contribution in [0.15, 0.2) is 70.3 Å². The van der Waals surface area contributed by atoms with Gasteiger partial charge in [0.2, 0.25) is 0 Å². The van der Waals surface area contributed by atoms with Crippen molar-refractivity contribution in [3.8, 4) is 0 Å². The predicted octanol–water partition coefficient (Wildman–Crippen LogP) is -4.75. The summed E-state index contributed by atoms with van der Waals surface area (Å²) in [6, 6.07) is 12.8. The van der Waals surface area contributed by atoms with Crippen LogP contribution in [0.2, 0.25) is 0 Å². The largest absolute Gasteiger partial charge is 1.00 e. The molecule has 0 radical (unpaired) electrons. The number of rotatable bonds is 2. The molecule has 14 heteroatoms. The van der Waals surface area contributed by atoms with E-state index in [-0.39, 0.29) is 91.7 Å². The van der Waals surface area contributed by atoms with Crippen LogP contribution in [0.3, 0.4) is 0 Å². The van der Waals surface area contributed by atoms with Gasteiger partial charge in [0.25, 0.3) is 0 Å². The molecule has 5 aromatic rings. The van der Waals surface area contributed by atoms with Gasteiger partial charge in [0, 0.05) is 21.5 Å². The van der Waals surface area contributed by atoms with E-state index in [1.54, 1.807) is 0 Å². The van der Waals surface area contributed by atoms with Crippen LogP contribution in [0.25, 0.3) is 43.6 Å². The monoisotopic (exact) mass is 516 g/mol. The van der Waals surface area contributed by atoms with Gasteiger partial charge in [-0.25, -0.2) is 24.8 Å². The summed E-state index contributed by atoms with van der Waals surface area (Å²) >= 11 is 0. The third-order valence-electron chi connectivity index (χ3n) is 5.22. The van der Waals surface area contributed by atoms with E-state index in [1.165, 1.54) is 48.5 Å². The Morgan fingerprint density at radius 1 is 0.529 bits per heavy atom. The fraction of sp³-hybridized carbons (Fsp3) is 0. The smallest absolute Gasteiger partial charge is 0.731 e. The predicted molar refractivity (Wildman–Crippen MR) is 115 cm³/mol. The van der Waals surface area contributed by atoms with Gasteiger partial charge in [0.1, 0.15) is 0 Å². The minimum absolute atomic E-state index is 0. The van der Waals surface area contributed by atoms with Crippen molar-refractivity contribution in [2.45, 2.75) is 0 Å². The van der Waals surface area contributed by atoms with Crippen molar-refractivity contribution >= 4 is 64.2 Å². The second-order valence-corrected chi connectivity index (χ2v) is 9.46. The summed E-state index contributed by atoms with van der Waals surface area (Å²) in [4.78, 5) is 26.2. The number of aromatic nitrogens is 2. The summed E-state index contributed by atoms with van der Waals surface area (Å²) in [5.41, 5.74) is -2.61. The summed E-state index contributed by atoms with van der Waals surface area (Å²) in [6.07, 6.45) is 0. The van der Waals surface area contributed by atoms with Gasteiger partial charge in [-0.3, -0.25) is 9.59 Å². The third-order valence-corrected chi connectivity index (χ3v) is 6.90. The molecule has 0 saturated carbocycles.